The fourth-order valence-electron chi connectivity index (χ4n) is 3.69. The SMILES string of the molecule is CCOC(=O)c1sc(NC(=O)COC(=O)c2ccc3nc(-c4ccccc4)[nH]c3c2)c(C(=O)OCC)c1C. The second-order valence-electron chi connectivity index (χ2n) is 8.01. The van der Waals surface area contributed by atoms with Crippen molar-refractivity contribution in [2.75, 3.05) is 25.1 Å². The Bertz CT molecular complexity index is 1510. The highest BCUT2D eigenvalue weighted by molar-refractivity contribution is 7.18. The third-order valence-electron chi connectivity index (χ3n) is 5.44. The number of amides is 1. The first-order valence-electron chi connectivity index (χ1n) is 11.8. The fourth-order valence-corrected chi connectivity index (χ4v) is 4.79. The van der Waals surface area contributed by atoms with Gasteiger partial charge in [0, 0.05) is 5.56 Å². The van der Waals surface area contributed by atoms with E-state index in [9.17, 15) is 19.2 Å². The van der Waals surface area contributed by atoms with E-state index in [0.29, 0.717) is 22.4 Å². The van der Waals surface area contributed by atoms with Gasteiger partial charge in [-0.05, 0) is 44.5 Å². The van der Waals surface area contributed by atoms with Crippen LogP contribution in [-0.2, 0) is 19.0 Å². The summed E-state index contributed by atoms with van der Waals surface area (Å²) in [5, 5.41) is 2.65. The number of nitrogens with zero attached hydrogens (tertiary/aromatic N) is 1. The van der Waals surface area contributed by atoms with E-state index in [4.69, 9.17) is 14.2 Å². The highest BCUT2D eigenvalue weighted by Gasteiger charge is 2.27. The number of benzene rings is 2. The second kappa shape index (κ2) is 11.7. The summed E-state index contributed by atoms with van der Waals surface area (Å²) in [6.45, 7) is 4.54. The molecule has 10 nitrogen and oxygen atoms in total. The number of rotatable bonds is 9. The van der Waals surface area contributed by atoms with Gasteiger partial charge in [-0.25, -0.2) is 19.4 Å². The van der Waals surface area contributed by atoms with Crippen molar-refractivity contribution in [3.8, 4) is 11.4 Å². The Morgan fingerprint density at radius 1 is 0.921 bits per heavy atom. The lowest BCUT2D eigenvalue weighted by Gasteiger charge is -2.08. The molecule has 2 aromatic heterocycles. The van der Waals surface area contributed by atoms with Gasteiger partial charge >= 0.3 is 17.9 Å². The van der Waals surface area contributed by atoms with E-state index in [2.05, 4.69) is 15.3 Å². The maximum Gasteiger partial charge on any atom is 0.348 e. The van der Waals surface area contributed by atoms with E-state index in [0.717, 1.165) is 16.9 Å². The van der Waals surface area contributed by atoms with Gasteiger partial charge in [-0.3, -0.25) is 4.79 Å². The van der Waals surface area contributed by atoms with Crippen molar-refractivity contribution in [3.05, 3.63) is 70.1 Å². The number of anilines is 1. The number of hydrogen-bond acceptors (Lipinski definition) is 9. The molecule has 196 valence electrons. The predicted octanol–water partition coefficient (Wildman–Crippen LogP) is 4.75. The number of ether oxygens (including phenoxy) is 3. The molecule has 0 atom stereocenters. The van der Waals surface area contributed by atoms with Gasteiger partial charge in [-0.2, -0.15) is 0 Å². The quantitative estimate of drug-likeness (QED) is 0.231. The highest BCUT2D eigenvalue weighted by atomic mass is 32.1. The van der Waals surface area contributed by atoms with Crippen LogP contribution in [-0.4, -0.2) is 53.6 Å². The summed E-state index contributed by atoms with van der Waals surface area (Å²) in [4.78, 5) is 57.9. The summed E-state index contributed by atoms with van der Waals surface area (Å²) in [7, 11) is 0. The maximum absolute atomic E-state index is 12.6. The molecule has 2 heterocycles. The number of fused-ring (bicyclic) bond motifs is 1. The highest BCUT2D eigenvalue weighted by Crippen LogP contribution is 2.34. The number of carbonyl (C=O) groups is 4. The molecule has 2 N–H and O–H groups in total. The summed E-state index contributed by atoms with van der Waals surface area (Å²) < 4.78 is 15.3. The van der Waals surface area contributed by atoms with Crippen LogP contribution >= 0.6 is 11.3 Å². The molecule has 0 saturated carbocycles. The van der Waals surface area contributed by atoms with Crippen molar-refractivity contribution < 1.29 is 33.4 Å². The van der Waals surface area contributed by atoms with Crippen LogP contribution in [0.5, 0.6) is 0 Å². The molecule has 1 amide bonds. The van der Waals surface area contributed by atoms with E-state index in [1.165, 1.54) is 0 Å². The molecule has 2 aromatic carbocycles. The van der Waals surface area contributed by atoms with Crippen molar-refractivity contribution in [2.45, 2.75) is 20.8 Å². The van der Waals surface area contributed by atoms with Crippen LogP contribution < -0.4 is 5.32 Å². The Kier molecular flexibility index (Phi) is 8.17. The van der Waals surface area contributed by atoms with Gasteiger partial charge in [-0.15, -0.1) is 11.3 Å². The molecule has 0 unspecified atom stereocenters. The summed E-state index contributed by atoms with van der Waals surface area (Å²) in [5.41, 5.74) is 2.84. The van der Waals surface area contributed by atoms with Crippen LogP contribution in [0.15, 0.2) is 48.5 Å². The largest absolute Gasteiger partial charge is 0.462 e. The Morgan fingerprint density at radius 2 is 1.63 bits per heavy atom. The van der Waals surface area contributed by atoms with E-state index in [1.54, 1.807) is 39.0 Å². The molecule has 0 bridgehead atoms. The molecule has 0 aliphatic rings. The lowest BCUT2D eigenvalue weighted by Crippen LogP contribution is -2.21. The predicted molar refractivity (Wildman–Crippen MR) is 141 cm³/mol. The average Bonchev–Trinajstić information content (AvgIpc) is 3.48. The number of carbonyl (C=O) groups excluding carboxylic acids is 4. The zero-order valence-corrected chi connectivity index (χ0v) is 21.8. The Balaban J connectivity index is 1.45. The average molecular weight is 536 g/mol. The van der Waals surface area contributed by atoms with Gasteiger partial charge in [0.05, 0.1) is 35.4 Å². The lowest BCUT2D eigenvalue weighted by molar-refractivity contribution is -0.119. The zero-order valence-electron chi connectivity index (χ0n) is 21.0. The summed E-state index contributed by atoms with van der Waals surface area (Å²) in [6, 6.07) is 14.4. The first kappa shape index (κ1) is 26.6. The van der Waals surface area contributed by atoms with Crippen molar-refractivity contribution in [1.82, 2.24) is 9.97 Å². The van der Waals surface area contributed by atoms with Gasteiger partial charge < -0.3 is 24.5 Å². The molecule has 4 aromatic rings. The lowest BCUT2D eigenvalue weighted by atomic mass is 10.1. The number of H-pyrrole nitrogens is 1. The molecule has 0 saturated heterocycles. The van der Waals surface area contributed by atoms with E-state index in [-0.39, 0.29) is 34.2 Å². The van der Waals surface area contributed by atoms with Gasteiger partial charge in [0.2, 0.25) is 0 Å². The fraction of sp³-hybridized carbons (Fsp3) is 0.222. The number of aromatic nitrogens is 2. The van der Waals surface area contributed by atoms with E-state index in [1.807, 2.05) is 30.3 Å². The maximum atomic E-state index is 12.6. The van der Waals surface area contributed by atoms with Gasteiger partial charge in [0.1, 0.15) is 15.7 Å². The minimum atomic E-state index is -0.710. The Morgan fingerprint density at radius 3 is 2.34 bits per heavy atom. The summed E-state index contributed by atoms with van der Waals surface area (Å²) in [5.74, 6) is -2.03. The number of aromatic amines is 1. The standard InChI is InChI=1S/C27H25N3O7S/c1-4-35-26(33)21-15(3)22(27(34)36-5-2)38-24(21)30-20(31)14-37-25(32)17-11-12-18-19(13-17)29-23(28-18)16-9-7-6-8-10-16/h6-13H,4-5,14H2,1-3H3,(H,28,29)(H,30,31). The molecule has 11 heteroatoms. The molecule has 0 fully saturated rings. The number of esters is 3. The monoisotopic (exact) mass is 535 g/mol. The van der Waals surface area contributed by atoms with Crippen LogP contribution in [0.1, 0.15) is 49.8 Å². The van der Waals surface area contributed by atoms with E-state index >= 15 is 0 Å². The topological polar surface area (TPSA) is 137 Å². The first-order chi connectivity index (χ1) is 18.3. The normalized spacial score (nSPS) is 10.7. The van der Waals surface area contributed by atoms with Crippen LogP contribution in [0, 0.1) is 6.92 Å². The smallest absolute Gasteiger partial charge is 0.348 e. The van der Waals surface area contributed by atoms with Crippen molar-refractivity contribution in [3.63, 3.8) is 0 Å². The summed E-state index contributed by atoms with van der Waals surface area (Å²) >= 11 is 0.890. The molecule has 0 radical (unpaired) electrons. The van der Waals surface area contributed by atoms with Crippen LogP contribution in [0.3, 0.4) is 0 Å². The van der Waals surface area contributed by atoms with Gasteiger partial charge in [-0.1, -0.05) is 30.3 Å². The Hall–Kier alpha value is -4.51. The number of thiophene rings is 1. The molecular weight excluding hydrogens is 510 g/mol. The minimum Gasteiger partial charge on any atom is -0.462 e. The third-order valence-corrected chi connectivity index (χ3v) is 6.63. The number of hydrogen-bond donors (Lipinski definition) is 2. The molecule has 0 aliphatic carbocycles. The van der Waals surface area contributed by atoms with Crippen molar-refractivity contribution in [1.29, 1.82) is 0 Å². The number of nitrogens with one attached hydrogen (secondary N) is 2. The van der Waals surface area contributed by atoms with Crippen LogP contribution in [0.2, 0.25) is 0 Å². The third kappa shape index (κ3) is 5.73. The van der Waals surface area contributed by atoms with E-state index < -0.39 is 30.4 Å². The summed E-state index contributed by atoms with van der Waals surface area (Å²) in [6.07, 6.45) is 0. The Labute approximate surface area is 221 Å². The minimum absolute atomic E-state index is 0.0542. The van der Waals surface area contributed by atoms with Crippen LogP contribution in [0.25, 0.3) is 22.4 Å². The van der Waals surface area contributed by atoms with Crippen molar-refractivity contribution in [2.24, 2.45) is 0 Å². The van der Waals surface area contributed by atoms with Gasteiger partial charge in [0.25, 0.3) is 5.91 Å². The second-order valence-corrected chi connectivity index (χ2v) is 9.03. The molecule has 38 heavy (non-hydrogen) atoms. The van der Waals surface area contributed by atoms with Crippen molar-refractivity contribution >= 4 is 51.2 Å². The molecular formula is C27H25N3O7S. The van der Waals surface area contributed by atoms with Gasteiger partial charge in [0.15, 0.2) is 6.61 Å². The molecule has 0 aliphatic heterocycles. The van der Waals surface area contributed by atoms with Crippen LogP contribution in [0.4, 0.5) is 5.00 Å². The zero-order chi connectivity index (χ0) is 27.2. The first-order valence-corrected chi connectivity index (χ1v) is 12.6. The number of imidazole rings is 1. The molecule has 0 spiro atoms. The molecule has 4 rings (SSSR count).